The Morgan fingerprint density at radius 1 is 1.43 bits per heavy atom. The fourth-order valence-electron chi connectivity index (χ4n) is 1.22. The maximum atomic E-state index is 5.79. The standard InChI is InChI=1S/C11H18N2O/c1-8(2)13-7-9-4-5-11(14-3)10(12)6-9/h4-6,8,13H,7,12H2,1-3H3. The van der Waals surface area contributed by atoms with E-state index in [9.17, 15) is 0 Å². The molecule has 78 valence electrons. The summed E-state index contributed by atoms with van der Waals surface area (Å²) in [5.74, 6) is 0.735. The molecule has 0 aliphatic carbocycles. The number of ether oxygens (including phenoxy) is 1. The van der Waals surface area contributed by atoms with Crippen LogP contribution in [0.2, 0.25) is 0 Å². The van der Waals surface area contributed by atoms with Crippen molar-refractivity contribution in [3.63, 3.8) is 0 Å². The zero-order valence-corrected chi connectivity index (χ0v) is 9.00. The Kier molecular flexibility index (Phi) is 3.77. The van der Waals surface area contributed by atoms with Gasteiger partial charge in [0.15, 0.2) is 0 Å². The lowest BCUT2D eigenvalue weighted by Crippen LogP contribution is -2.21. The Morgan fingerprint density at radius 3 is 2.64 bits per heavy atom. The Hall–Kier alpha value is -1.22. The van der Waals surface area contributed by atoms with Gasteiger partial charge in [-0.05, 0) is 17.7 Å². The summed E-state index contributed by atoms with van der Waals surface area (Å²) in [4.78, 5) is 0. The highest BCUT2D eigenvalue weighted by atomic mass is 16.5. The van der Waals surface area contributed by atoms with Gasteiger partial charge in [-0.25, -0.2) is 0 Å². The van der Waals surface area contributed by atoms with Crippen LogP contribution >= 0.6 is 0 Å². The molecule has 1 aromatic carbocycles. The molecular weight excluding hydrogens is 176 g/mol. The number of benzene rings is 1. The fraction of sp³-hybridized carbons (Fsp3) is 0.455. The van der Waals surface area contributed by atoms with Crippen molar-refractivity contribution in [1.29, 1.82) is 0 Å². The smallest absolute Gasteiger partial charge is 0.141 e. The van der Waals surface area contributed by atoms with E-state index < -0.39 is 0 Å². The van der Waals surface area contributed by atoms with Crippen LogP contribution in [0.15, 0.2) is 18.2 Å². The van der Waals surface area contributed by atoms with E-state index in [1.165, 1.54) is 5.56 Å². The van der Waals surface area contributed by atoms with Gasteiger partial charge in [0.25, 0.3) is 0 Å². The topological polar surface area (TPSA) is 47.3 Å². The molecule has 1 rings (SSSR count). The second-order valence-corrected chi connectivity index (χ2v) is 3.61. The zero-order chi connectivity index (χ0) is 10.6. The predicted molar refractivity (Wildman–Crippen MR) is 59.4 cm³/mol. The molecule has 0 heterocycles. The van der Waals surface area contributed by atoms with Crippen LogP contribution < -0.4 is 15.8 Å². The van der Waals surface area contributed by atoms with E-state index in [0.717, 1.165) is 12.3 Å². The second-order valence-electron chi connectivity index (χ2n) is 3.61. The van der Waals surface area contributed by atoms with Gasteiger partial charge in [0.1, 0.15) is 5.75 Å². The van der Waals surface area contributed by atoms with Crippen LogP contribution in [0, 0.1) is 0 Å². The molecule has 0 saturated carbocycles. The Labute approximate surface area is 85.3 Å². The molecule has 0 fully saturated rings. The first kappa shape index (κ1) is 10.9. The van der Waals surface area contributed by atoms with Crippen molar-refractivity contribution >= 4 is 5.69 Å². The summed E-state index contributed by atoms with van der Waals surface area (Å²) < 4.78 is 5.08. The monoisotopic (exact) mass is 194 g/mol. The molecular formula is C11H18N2O. The predicted octanol–water partition coefficient (Wildman–Crippen LogP) is 1.78. The van der Waals surface area contributed by atoms with E-state index in [1.807, 2.05) is 18.2 Å². The number of rotatable bonds is 4. The van der Waals surface area contributed by atoms with E-state index >= 15 is 0 Å². The lowest BCUT2D eigenvalue weighted by Gasteiger charge is -2.10. The minimum absolute atomic E-state index is 0.485. The molecule has 0 radical (unpaired) electrons. The molecule has 3 nitrogen and oxygen atoms in total. The van der Waals surface area contributed by atoms with Crippen LogP contribution in [0.1, 0.15) is 19.4 Å². The molecule has 0 atom stereocenters. The van der Waals surface area contributed by atoms with E-state index in [4.69, 9.17) is 10.5 Å². The van der Waals surface area contributed by atoms with Crippen molar-refractivity contribution in [3.05, 3.63) is 23.8 Å². The molecule has 0 spiro atoms. The highest BCUT2D eigenvalue weighted by molar-refractivity contribution is 5.54. The van der Waals surface area contributed by atoms with Crippen LogP contribution in [-0.4, -0.2) is 13.2 Å². The van der Waals surface area contributed by atoms with Gasteiger partial charge in [0.05, 0.1) is 12.8 Å². The van der Waals surface area contributed by atoms with Gasteiger partial charge in [0.2, 0.25) is 0 Å². The summed E-state index contributed by atoms with van der Waals surface area (Å²) >= 11 is 0. The zero-order valence-electron chi connectivity index (χ0n) is 9.00. The largest absolute Gasteiger partial charge is 0.495 e. The van der Waals surface area contributed by atoms with Crippen molar-refractivity contribution < 1.29 is 4.74 Å². The van der Waals surface area contributed by atoms with Crippen molar-refractivity contribution in [2.75, 3.05) is 12.8 Å². The molecule has 0 unspecified atom stereocenters. The molecule has 3 heteroatoms. The van der Waals surface area contributed by atoms with Gasteiger partial charge < -0.3 is 15.8 Å². The molecule has 0 amide bonds. The van der Waals surface area contributed by atoms with Crippen LogP contribution in [0.4, 0.5) is 5.69 Å². The number of methoxy groups -OCH3 is 1. The molecule has 14 heavy (non-hydrogen) atoms. The van der Waals surface area contributed by atoms with Crippen LogP contribution in [0.5, 0.6) is 5.75 Å². The third-order valence-corrected chi connectivity index (χ3v) is 2.01. The van der Waals surface area contributed by atoms with Gasteiger partial charge in [-0.1, -0.05) is 19.9 Å². The summed E-state index contributed by atoms with van der Waals surface area (Å²) in [6.45, 7) is 5.08. The number of nitrogen functional groups attached to an aromatic ring is 1. The highest BCUT2D eigenvalue weighted by Crippen LogP contribution is 2.21. The lowest BCUT2D eigenvalue weighted by atomic mass is 10.2. The van der Waals surface area contributed by atoms with Crippen molar-refractivity contribution in [2.45, 2.75) is 26.4 Å². The van der Waals surface area contributed by atoms with Gasteiger partial charge in [-0.15, -0.1) is 0 Å². The molecule has 0 saturated heterocycles. The maximum absolute atomic E-state index is 5.79. The van der Waals surface area contributed by atoms with Crippen LogP contribution in [0.25, 0.3) is 0 Å². The summed E-state index contributed by atoms with van der Waals surface area (Å²) in [5.41, 5.74) is 7.65. The van der Waals surface area contributed by atoms with Gasteiger partial charge in [-0.2, -0.15) is 0 Å². The molecule has 1 aromatic rings. The summed E-state index contributed by atoms with van der Waals surface area (Å²) in [5, 5.41) is 3.33. The van der Waals surface area contributed by atoms with E-state index in [0.29, 0.717) is 11.7 Å². The third-order valence-electron chi connectivity index (χ3n) is 2.01. The Bertz CT molecular complexity index is 297. The molecule has 0 bridgehead atoms. The number of anilines is 1. The number of hydrogen-bond donors (Lipinski definition) is 2. The van der Waals surface area contributed by atoms with Crippen LogP contribution in [0.3, 0.4) is 0 Å². The lowest BCUT2D eigenvalue weighted by molar-refractivity contribution is 0.416. The SMILES string of the molecule is COc1ccc(CNC(C)C)cc1N. The summed E-state index contributed by atoms with van der Waals surface area (Å²) in [6, 6.07) is 6.34. The first-order valence-corrected chi connectivity index (χ1v) is 4.79. The Morgan fingerprint density at radius 2 is 2.14 bits per heavy atom. The highest BCUT2D eigenvalue weighted by Gasteiger charge is 2.00. The van der Waals surface area contributed by atoms with Gasteiger partial charge in [-0.3, -0.25) is 0 Å². The minimum atomic E-state index is 0.485. The first-order valence-electron chi connectivity index (χ1n) is 4.79. The maximum Gasteiger partial charge on any atom is 0.141 e. The van der Waals surface area contributed by atoms with Crippen molar-refractivity contribution in [1.82, 2.24) is 5.32 Å². The average Bonchev–Trinajstić information content (AvgIpc) is 2.15. The summed E-state index contributed by atoms with van der Waals surface area (Å²) in [7, 11) is 1.62. The second kappa shape index (κ2) is 4.86. The van der Waals surface area contributed by atoms with E-state index in [2.05, 4.69) is 19.2 Å². The number of hydrogen-bond acceptors (Lipinski definition) is 3. The third kappa shape index (κ3) is 2.92. The van der Waals surface area contributed by atoms with Crippen LogP contribution in [-0.2, 0) is 6.54 Å². The fourth-order valence-corrected chi connectivity index (χ4v) is 1.22. The number of nitrogens with one attached hydrogen (secondary N) is 1. The number of nitrogens with two attached hydrogens (primary N) is 1. The molecule has 0 aliphatic heterocycles. The van der Waals surface area contributed by atoms with Crippen molar-refractivity contribution in [3.8, 4) is 5.75 Å². The average molecular weight is 194 g/mol. The molecule has 0 aliphatic rings. The normalized spacial score (nSPS) is 10.6. The van der Waals surface area contributed by atoms with E-state index in [-0.39, 0.29) is 0 Å². The van der Waals surface area contributed by atoms with Gasteiger partial charge >= 0.3 is 0 Å². The Balaban J connectivity index is 2.66. The molecule has 3 N–H and O–H groups in total. The first-order chi connectivity index (χ1) is 6.63. The van der Waals surface area contributed by atoms with Crippen molar-refractivity contribution in [2.24, 2.45) is 0 Å². The molecule has 0 aromatic heterocycles. The van der Waals surface area contributed by atoms with E-state index in [1.54, 1.807) is 7.11 Å². The quantitative estimate of drug-likeness (QED) is 0.718. The van der Waals surface area contributed by atoms with Gasteiger partial charge in [0, 0.05) is 12.6 Å². The minimum Gasteiger partial charge on any atom is -0.495 e. The summed E-state index contributed by atoms with van der Waals surface area (Å²) in [6.07, 6.45) is 0.